The van der Waals surface area contributed by atoms with E-state index in [1.165, 1.54) is 0 Å². The number of hydrogen-bond donors (Lipinski definition) is 1. The van der Waals surface area contributed by atoms with Crippen LogP contribution in [0.5, 0.6) is 0 Å². The molecular formula is C14H21N3OS. The zero-order chi connectivity index (χ0) is 14.2. The Labute approximate surface area is 117 Å². The molecule has 2 rings (SSSR count). The number of rotatable bonds is 3. The number of hydrogen-bond acceptors (Lipinski definition) is 3. The minimum atomic E-state index is -1.07. The van der Waals surface area contributed by atoms with Crippen molar-refractivity contribution < 1.29 is 4.55 Å². The highest BCUT2D eigenvalue weighted by atomic mass is 32.2. The van der Waals surface area contributed by atoms with Crippen molar-refractivity contribution in [2.75, 3.05) is 0 Å². The highest BCUT2D eigenvalue weighted by Gasteiger charge is 2.28. The Morgan fingerprint density at radius 3 is 2.68 bits per heavy atom. The summed E-state index contributed by atoms with van der Waals surface area (Å²) in [6.45, 7) is 7.93. The molecule has 0 aliphatic carbocycles. The molecule has 0 aliphatic heterocycles. The third-order valence-corrected chi connectivity index (χ3v) is 4.66. The maximum absolute atomic E-state index is 12.1. The summed E-state index contributed by atoms with van der Waals surface area (Å²) in [7, 11) is 1.91. The Hall–Kier alpha value is -1.04. The van der Waals surface area contributed by atoms with E-state index >= 15 is 0 Å². The van der Waals surface area contributed by atoms with E-state index in [1.54, 1.807) is 4.68 Å². The maximum Gasteiger partial charge on any atom is 0.136 e. The molecule has 2 aromatic rings. The second-order valence-corrected chi connectivity index (χ2v) is 7.84. The first-order chi connectivity index (χ1) is 8.77. The van der Waals surface area contributed by atoms with Gasteiger partial charge in [0.15, 0.2) is 0 Å². The van der Waals surface area contributed by atoms with Crippen molar-refractivity contribution in [3.8, 4) is 0 Å². The van der Waals surface area contributed by atoms with Gasteiger partial charge in [0.1, 0.15) is 4.75 Å². The number of aromatic nitrogens is 2. The largest absolute Gasteiger partial charge is 0.598 e. The number of benzene rings is 1. The number of fused-ring (bicyclic) bond motifs is 1. The van der Waals surface area contributed by atoms with Crippen LogP contribution in [-0.4, -0.2) is 19.1 Å². The minimum Gasteiger partial charge on any atom is -0.598 e. The molecule has 104 valence electrons. The highest BCUT2D eigenvalue weighted by molar-refractivity contribution is 7.90. The van der Waals surface area contributed by atoms with E-state index in [1.807, 2.05) is 53.1 Å². The molecule has 19 heavy (non-hydrogen) atoms. The summed E-state index contributed by atoms with van der Waals surface area (Å²) in [5.74, 6) is 0. The van der Waals surface area contributed by atoms with Gasteiger partial charge in [0, 0.05) is 30.0 Å². The van der Waals surface area contributed by atoms with Crippen molar-refractivity contribution in [1.29, 1.82) is 0 Å². The van der Waals surface area contributed by atoms with Crippen molar-refractivity contribution in [2.45, 2.75) is 38.5 Å². The van der Waals surface area contributed by atoms with Crippen molar-refractivity contribution in [2.24, 2.45) is 7.05 Å². The topological polar surface area (TPSA) is 52.9 Å². The van der Waals surface area contributed by atoms with Crippen molar-refractivity contribution in [3.05, 3.63) is 30.0 Å². The third kappa shape index (κ3) is 3.29. The average molecular weight is 279 g/mol. The van der Waals surface area contributed by atoms with Gasteiger partial charge in [-0.25, -0.2) is 0 Å². The predicted octanol–water partition coefficient (Wildman–Crippen LogP) is 2.69. The lowest BCUT2D eigenvalue weighted by Crippen LogP contribution is -2.40. The van der Waals surface area contributed by atoms with Crippen LogP contribution in [0.25, 0.3) is 10.9 Å². The number of aryl methyl sites for hydroxylation is 1. The summed E-state index contributed by atoms with van der Waals surface area (Å²) in [5, 5.41) is 5.46. The Balaban J connectivity index is 2.19. The molecule has 2 atom stereocenters. The summed E-state index contributed by atoms with van der Waals surface area (Å²) in [4.78, 5) is 0. The lowest BCUT2D eigenvalue weighted by Gasteiger charge is -2.26. The van der Waals surface area contributed by atoms with Crippen LogP contribution in [0.1, 0.15) is 39.3 Å². The van der Waals surface area contributed by atoms with Crippen molar-refractivity contribution in [3.63, 3.8) is 0 Å². The van der Waals surface area contributed by atoms with Crippen molar-refractivity contribution >= 4 is 22.3 Å². The third-order valence-electron chi connectivity index (χ3n) is 2.98. The summed E-state index contributed by atoms with van der Waals surface area (Å²) >= 11 is -1.07. The fourth-order valence-electron chi connectivity index (χ4n) is 1.84. The fourth-order valence-corrected chi connectivity index (χ4v) is 2.65. The first-order valence-electron chi connectivity index (χ1n) is 6.39. The zero-order valence-electron chi connectivity index (χ0n) is 12.1. The van der Waals surface area contributed by atoms with Gasteiger partial charge >= 0.3 is 0 Å². The summed E-state index contributed by atoms with van der Waals surface area (Å²) < 4.78 is 16.8. The molecule has 1 heterocycles. The van der Waals surface area contributed by atoms with Crippen LogP contribution in [-0.2, 0) is 18.4 Å². The van der Waals surface area contributed by atoms with E-state index in [4.69, 9.17) is 0 Å². The second-order valence-electron chi connectivity index (χ2n) is 5.84. The monoisotopic (exact) mass is 279 g/mol. The molecule has 0 spiro atoms. The molecule has 0 saturated heterocycles. The lowest BCUT2D eigenvalue weighted by atomic mass is 10.1. The quantitative estimate of drug-likeness (QED) is 0.879. The van der Waals surface area contributed by atoms with Crippen LogP contribution < -0.4 is 4.72 Å². The van der Waals surface area contributed by atoms with Crippen LogP contribution >= 0.6 is 0 Å². The molecule has 4 nitrogen and oxygen atoms in total. The molecular weight excluding hydrogens is 258 g/mol. The van der Waals surface area contributed by atoms with Crippen LogP contribution in [0.2, 0.25) is 0 Å². The summed E-state index contributed by atoms with van der Waals surface area (Å²) in [6.07, 6.45) is 1.99. The van der Waals surface area contributed by atoms with E-state index in [0.717, 1.165) is 16.5 Å². The number of nitrogens with one attached hydrogen (secondary N) is 1. The molecule has 0 amide bonds. The Morgan fingerprint density at radius 1 is 1.37 bits per heavy atom. The highest BCUT2D eigenvalue weighted by Crippen LogP contribution is 2.22. The van der Waals surface area contributed by atoms with E-state index in [-0.39, 0.29) is 10.8 Å². The second kappa shape index (κ2) is 5.15. The van der Waals surface area contributed by atoms with Gasteiger partial charge in [0.05, 0.1) is 11.6 Å². The van der Waals surface area contributed by atoms with Crippen molar-refractivity contribution in [1.82, 2.24) is 14.5 Å². The molecule has 0 bridgehead atoms. The average Bonchev–Trinajstić information content (AvgIpc) is 2.66. The number of nitrogens with zero attached hydrogens (tertiary/aromatic N) is 2. The smallest absolute Gasteiger partial charge is 0.136 e. The molecule has 0 radical (unpaired) electrons. The minimum absolute atomic E-state index is 0.0460. The van der Waals surface area contributed by atoms with Gasteiger partial charge in [0.25, 0.3) is 0 Å². The first kappa shape index (κ1) is 14.4. The fraction of sp³-hybridized carbons (Fsp3) is 0.500. The van der Waals surface area contributed by atoms with Crippen LogP contribution in [0.4, 0.5) is 0 Å². The molecule has 0 unspecified atom stereocenters. The normalized spacial score (nSPS) is 15.7. The Morgan fingerprint density at radius 2 is 2.05 bits per heavy atom. The molecule has 1 aromatic carbocycles. The van der Waals surface area contributed by atoms with E-state index < -0.39 is 11.4 Å². The van der Waals surface area contributed by atoms with Crippen LogP contribution in [0.15, 0.2) is 24.4 Å². The zero-order valence-corrected chi connectivity index (χ0v) is 12.9. The molecule has 5 heteroatoms. The van der Waals surface area contributed by atoms with Crippen LogP contribution in [0.3, 0.4) is 0 Å². The SMILES string of the molecule is C[C@H](N[S@@+]([O-])C(C)(C)C)c1ccc2nn(C)cc2c1. The molecule has 0 saturated carbocycles. The van der Waals surface area contributed by atoms with Gasteiger partial charge in [-0.3, -0.25) is 4.68 Å². The molecule has 1 N–H and O–H groups in total. The van der Waals surface area contributed by atoms with E-state index in [0.29, 0.717) is 0 Å². The van der Waals surface area contributed by atoms with Gasteiger partial charge in [-0.1, -0.05) is 6.07 Å². The lowest BCUT2D eigenvalue weighted by molar-refractivity contribution is 0.531. The summed E-state index contributed by atoms with van der Waals surface area (Å²) in [5.41, 5.74) is 2.11. The first-order valence-corrected chi connectivity index (χ1v) is 7.54. The molecule has 1 aromatic heterocycles. The summed E-state index contributed by atoms with van der Waals surface area (Å²) in [6, 6.07) is 6.18. The predicted molar refractivity (Wildman–Crippen MR) is 80.2 cm³/mol. The standard InChI is InChI=1S/C14H21N3OS/c1-10(16-19(18)14(2,3)4)11-6-7-13-12(8-11)9-17(5)15-13/h6-10,16H,1-5H3/t10-,19-/m0/s1. The van der Waals surface area contributed by atoms with Crippen LogP contribution in [0, 0.1) is 0 Å². The van der Waals surface area contributed by atoms with Gasteiger partial charge in [-0.15, -0.1) is 4.72 Å². The maximum atomic E-state index is 12.1. The Kier molecular flexibility index (Phi) is 3.90. The molecule has 0 fully saturated rings. The van der Waals surface area contributed by atoms with E-state index in [9.17, 15) is 4.55 Å². The van der Waals surface area contributed by atoms with E-state index in [2.05, 4.69) is 15.9 Å². The van der Waals surface area contributed by atoms with Gasteiger partial charge in [-0.2, -0.15) is 5.10 Å². The Bertz CT molecular complexity index is 574. The molecule has 0 aliphatic rings. The van der Waals surface area contributed by atoms with Gasteiger partial charge in [-0.05, 0) is 45.4 Å². The van der Waals surface area contributed by atoms with Gasteiger partial charge in [0.2, 0.25) is 0 Å². The van der Waals surface area contributed by atoms with Gasteiger partial charge < -0.3 is 4.55 Å².